The largest absolute Gasteiger partial charge is 0.372 e. The van der Waals surface area contributed by atoms with Gasteiger partial charge in [0.25, 0.3) is 0 Å². The number of carbonyl (C=O) groups is 1. The molecule has 0 spiro atoms. The van der Waals surface area contributed by atoms with Gasteiger partial charge in [-0.25, -0.2) is 4.98 Å². The maximum absolute atomic E-state index is 12.0. The van der Waals surface area contributed by atoms with Gasteiger partial charge in [-0.2, -0.15) is 0 Å². The molecule has 20 heavy (non-hydrogen) atoms. The van der Waals surface area contributed by atoms with Crippen LogP contribution in [0.3, 0.4) is 0 Å². The summed E-state index contributed by atoms with van der Waals surface area (Å²) in [5.41, 5.74) is 1.02. The van der Waals surface area contributed by atoms with Crippen molar-refractivity contribution < 1.29 is 4.79 Å². The second kappa shape index (κ2) is 6.65. The molecule has 2 rings (SSSR count). The van der Waals surface area contributed by atoms with E-state index in [-0.39, 0.29) is 5.91 Å². The summed E-state index contributed by atoms with van der Waals surface area (Å²) < 4.78 is 0. The van der Waals surface area contributed by atoms with Crippen LogP contribution < -0.4 is 5.32 Å². The molecule has 6 heteroatoms. The number of aromatic nitrogens is 2. The van der Waals surface area contributed by atoms with E-state index in [4.69, 9.17) is 0 Å². The van der Waals surface area contributed by atoms with Gasteiger partial charge in [0.2, 0.25) is 5.91 Å². The zero-order chi connectivity index (χ0) is 14.5. The third-order valence-corrected chi connectivity index (χ3v) is 3.63. The number of hydrogen-bond donors (Lipinski definition) is 1. The van der Waals surface area contributed by atoms with Crippen LogP contribution in [-0.4, -0.2) is 66.5 Å². The number of likely N-dealkylation sites (tertiary alicyclic amines) is 1. The molecule has 0 aliphatic carbocycles. The van der Waals surface area contributed by atoms with Gasteiger partial charge in [0.1, 0.15) is 5.82 Å². The third kappa shape index (κ3) is 3.66. The highest BCUT2D eigenvalue weighted by Gasteiger charge is 2.24. The van der Waals surface area contributed by atoms with Crippen LogP contribution in [-0.2, 0) is 4.79 Å². The summed E-state index contributed by atoms with van der Waals surface area (Å²) in [6.07, 6.45) is 5.48. The molecule has 1 N–H and O–H groups in total. The van der Waals surface area contributed by atoms with E-state index in [2.05, 4.69) is 15.3 Å². The highest BCUT2D eigenvalue weighted by atomic mass is 16.2. The lowest BCUT2D eigenvalue weighted by molar-refractivity contribution is -0.132. The number of nitrogens with zero attached hydrogens (tertiary/aromatic N) is 4. The summed E-state index contributed by atoms with van der Waals surface area (Å²) in [4.78, 5) is 24.6. The fraction of sp³-hybridized carbons (Fsp3) is 0.643. The Balaban J connectivity index is 1.92. The van der Waals surface area contributed by atoms with Crippen LogP contribution in [0.2, 0.25) is 0 Å². The summed E-state index contributed by atoms with van der Waals surface area (Å²) >= 11 is 0. The Kier molecular flexibility index (Phi) is 4.89. The van der Waals surface area contributed by atoms with Gasteiger partial charge >= 0.3 is 0 Å². The average molecular weight is 277 g/mol. The Hall–Kier alpha value is -1.69. The number of piperidine rings is 1. The summed E-state index contributed by atoms with van der Waals surface area (Å²) in [7, 11) is 5.68. The van der Waals surface area contributed by atoms with E-state index in [0.717, 1.165) is 37.4 Å². The van der Waals surface area contributed by atoms with Crippen molar-refractivity contribution in [3.05, 3.63) is 18.1 Å². The van der Waals surface area contributed by atoms with E-state index in [1.807, 2.05) is 37.1 Å². The standard InChI is InChI=1S/C14H23N5O/c1-15-13-9-16-8-12(17-13)11-4-6-19(7-5-11)14(20)10-18(2)3/h8-9,11H,4-7,10H2,1-3H3,(H,15,17). The molecule has 0 unspecified atom stereocenters. The molecule has 1 fully saturated rings. The maximum Gasteiger partial charge on any atom is 0.236 e. The Morgan fingerprint density at radius 3 is 2.70 bits per heavy atom. The van der Waals surface area contributed by atoms with Crippen molar-refractivity contribution in [2.24, 2.45) is 0 Å². The lowest BCUT2D eigenvalue weighted by Gasteiger charge is -2.32. The third-order valence-electron chi connectivity index (χ3n) is 3.63. The molecule has 0 saturated carbocycles. The van der Waals surface area contributed by atoms with Crippen LogP contribution in [0.5, 0.6) is 0 Å². The Bertz CT molecular complexity index is 455. The van der Waals surface area contributed by atoms with Crippen LogP contribution in [0, 0.1) is 0 Å². The van der Waals surface area contributed by atoms with Gasteiger partial charge in [-0.05, 0) is 26.9 Å². The minimum absolute atomic E-state index is 0.212. The lowest BCUT2D eigenvalue weighted by Crippen LogP contribution is -2.42. The predicted molar refractivity (Wildman–Crippen MR) is 78.7 cm³/mol. The van der Waals surface area contributed by atoms with E-state index >= 15 is 0 Å². The molecule has 1 amide bonds. The minimum atomic E-state index is 0.212. The van der Waals surface area contributed by atoms with Crippen LogP contribution >= 0.6 is 0 Å². The average Bonchev–Trinajstić information content (AvgIpc) is 2.47. The SMILES string of the molecule is CNc1cncc(C2CCN(C(=O)CN(C)C)CC2)n1. The number of likely N-dealkylation sites (N-methyl/N-ethyl adjacent to an activating group) is 1. The molecule has 1 aliphatic rings. The van der Waals surface area contributed by atoms with E-state index in [1.54, 1.807) is 6.20 Å². The quantitative estimate of drug-likeness (QED) is 0.881. The van der Waals surface area contributed by atoms with Gasteiger partial charge in [0.05, 0.1) is 18.4 Å². The van der Waals surface area contributed by atoms with Crippen molar-refractivity contribution in [1.82, 2.24) is 19.8 Å². The van der Waals surface area contributed by atoms with Crippen LogP contribution in [0.25, 0.3) is 0 Å². The highest BCUT2D eigenvalue weighted by molar-refractivity contribution is 5.78. The predicted octanol–water partition coefficient (Wildman–Crippen LogP) is 0.786. The maximum atomic E-state index is 12.0. The summed E-state index contributed by atoms with van der Waals surface area (Å²) in [5.74, 6) is 1.41. The number of nitrogens with one attached hydrogen (secondary N) is 1. The minimum Gasteiger partial charge on any atom is -0.372 e. The van der Waals surface area contributed by atoms with E-state index in [0.29, 0.717) is 12.5 Å². The number of carbonyl (C=O) groups excluding carboxylic acids is 1. The zero-order valence-electron chi connectivity index (χ0n) is 12.5. The summed E-state index contributed by atoms with van der Waals surface area (Å²) in [6, 6.07) is 0. The first kappa shape index (κ1) is 14.7. The molecule has 0 radical (unpaired) electrons. The Morgan fingerprint density at radius 2 is 2.10 bits per heavy atom. The van der Waals surface area contributed by atoms with Crippen LogP contribution in [0.4, 0.5) is 5.82 Å². The molecule has 110 valence electrons. The van der Waals surface area contributed by atoms with Gasteiger partial charge in [-0.15, -0.1) is 0 Å². The number of rotatable bonds is 4. The molecule has 2 heterocycles. The topological polar surface area (TPSA) is 61.4 Å². The molecular formula is C14H23N5O. The number of hydrogen-bond acceptors (Lipinski definition) is 5. The molecule has 1 aromatic heterocycles. The molecule has 1 saturated heterocycles. The van der Waals surface area contributed by atoms with Crippen LogP contribution in [0.15, 0.2) is 12.4 Å². The van der Waals surface area contributed by atoms with Crippen molar-refractivity contribution in [2.45, 2.75) is 18.8 Å². The molecule has 1 aliphatic heterocycles. The number of amides is 1. The van der Waals surface area contributed by atoms with Crippen LogP contribution in [0.1, 0.15) is 24.5 Å². The second-order valence-electron chi connectivity index (χ2n) is 5.47. The smallest absolute Gasteiger partial charge is 0.236 e. The van der Waals surface area contributed by atoms with Crippen molar-refractivity contribution in [1.29, 1.82) is 0 Å². The second-order valence-corrected chi connectivity index (χ2v) is 5.47. The van der Waals surface area contributed by atoms with E-state index < -0.39 is 0 Å². The van der Waals surface area contributed by atoms with Gasteiger partial charge in [0.15, 0.2) is 0 Å². The van der Waals surface area contributed by atoms with Gasteiger partial charge in [0, 0.05) is 32.3 Å². The van der Waals surface area contributed by atoms with Gasteiger partial charge in [-0.3, -0.25) is 9.78 Å². The van der Waals surface area contributed by atoms with Gasteiger partial charge < -0.3 is 15.1 Å². The van der Waals surface area contributed by atoms with Crippen molar-refractivity contribution in [3.8, 4) is 0 Å². The lowest BCUT2D eigenvalue weighted by atomic mass is 9.93. The fourth-order valence-electron chi connectivity index (χ4n) is 2.49. The number of anilines is 1. The molecule has 0 aromatic carbocycles. The van der Waals surface area contributed by atoms with Gasteiger partial charge in [-0.1, -0.05) is 0 Å². The Morgan fingerprint density at radius 1 is 1.40 bits per heavy atom. The molecule has 6 nitrogen and oxygen atoms in total. The molecule has 0 bridgehead atoms. The molecule has 0 atom stereocenters. The summed E-state index contributed by atoms with van der Waals surface area (Å²) in [6.45, 7) is 2.10. The first-order chi connectivity index (χ1) is 9.60. The van der Waals surface area contributed by atoms with E-state index in [9.17, 15) is 4.79 Å². The van der Waals surface area contributed by atoms with Crippen molar-refractivity contribution in [3.63, 3.8) is 0 Å². The van der Waals surface area contributed by atoms with Crippen molar-refractivity contribution >= 4 is 11.7 Å². The first-order valence-electron chi connectivity index (χ1n) is 7.02. The van der Waals surface area contributed by atoms with Crippen molar-refractivity contribution in [2.75, 3.05) is 46.1 Å². The molecule has 1 aromatic rings. The zero-order valence-corrected chi connectivity index (χ0v) is 12.5. The Labute approximate surface area is 120 Å². The normalized spacial score (nSPS) is 16.5. The summed E-state index contributed by atoms with van der Waals surface area (Å²) in [5, 5.41) is 3.01. The highest BCUT2D eigenvalue weighted by Crippen LogP contribution is 2.26. The fourth-order valence-corrected chi connectivity index (χ4v) is 2.49. The first-order valence-corrected chi connectivity index (χ1v) is 7.02. The monoisotopic (exact) mass is 277 g/mol. The molecular weight excluding hydrogens is 254 g/mol. The van der Waals surface area contributed by atoms with E-state index in [1.165, 1.54) is 0 Å².